The van der Waals surface area contributed by atoms with E-state index in [0.717, 1.165) is 6.29 Å². The highest BCUT2D eigenvalue weighted by Crippen LogP contribution is 2.20. The van der Waals surface area contributed by atoms with Crippen LogP contribution in [0.4, 0.5) is 0 Å². The maximum Gasteiger partial charge on any atom is 0.165 e. The number of hydrogen-bond donors (Lipinski definition) is 2. The first kappa shape index (κ1) is 10.3. The SMILES string of the molecule is O=Cc1ccc([C@]2(O)COCCN2)cc1. The van der Waals surface area contributed by atoms with E-state index in [4.69, 9.17) is 4.74 Å². The van der Waals surface area contributed by atoms with E-state index in [0.29, 0.717) is 24.3 Å². The zero-order valence-electron chi connectivity index (χ0n) is 8.27. The van der Waals surface area contributed by atoms with Gasteiger partial charge in [0.05, 0.1) is 13.2 Å². The molecule has 1 aliphatic heterocycles. The number of rotatable bonds is 2. The summed E-state index contributed by atoms with van der Waals surface area (Å²) in [5.41, 5.74) is 0.187. The van der Waals surface area contributed by atoms with Crippen LogP contribution in [-0.4, -0.2) is 31.2 Å². The summed E-state index contributed by atoms with van der Waals surface area (Å²) in [7, 11) is 0. The summed E-state index contributed by atoms with van der Waals surface area (Å²) in [6.45, 7) is 1.45. The molecular weight excluding hydrogens is 194 g/mol. The quantitative estimate of drug-likeness (QED) is 0.683. The van der Waals surface area contributed by atoms with Gasteiger partial charge < -0.3 is 9.84 Å². The normalized spacial score (nSPS) is 26.2. The molecule has 0 spiro atoms. The topological polar surface area (TPSA) is 58.6 Å². The van der Waals surface area contributed by atoms with E-state index >= 15 is 0 Å². The standard InChI is InChI=1S/C11H13NO3/c13-7-9-1-3-10(4-2-9)11(14)8-15-6-5-12-11/h1-4,7,12,14H,5-6,8H2/t11-/m1/s1. The van der Waals surface area contributed by atoms with Gasteiger partial charge in [-0.1, -0.05) is 24.3 Å². The van der Waals surface area contributed by atoms with Crippen LogP contribution in [0.1, 0.15) is 15.9 Å². The number of ether oxygens (including phenoxy) is 1. The van der Waals surface area contributed by atoms with Crippen molar-refractivity contribution in [1.29, 1.82) is 0 Å². The zero-order valence-corrected chi connectivity index (χ0v) is 8.27. The molecule has 15 heavy (non-hydrogen) atoms. The Bertz CT molecular complexity index is 341. The summed E-state index contributed by atoms with van der Waals surface area (Å²) in [4.78, 5) is 10.5. The van der Waals surface area contributed by atoms with E-state index in [1.807, 2.05) is 0 Å². The van der Waals surface area contributed by atoms with E-state index in [1.54, 1.807) is 24.3 Å². The highest BCUT2D eigenvalue weighted by Gasteiger charge is 2.31. The van der Waals surface area contributed by atoms with Crippen molar-refractivity contribution in [2.45, 2.75) is 5.72 Å². The average Bonchev–Trinajstić information content (AvgIpc) is 2.30. The van der Waals surface area contributed by atoms with Crippen LogP contribution in [0.3, 0.4) is 0 Å². The number of benzene rings is 1. The van der Waals surface area contributed by atoms with E-state index in [9.17, 15) is 9.90 Å². The Labute approximate surface area is 87.9 Å². The molecule has 0 bridgehead atoms. The Morgan fingerprint density at radius 2 is 2.13 bits per heavy atom. The van der Waals surface area contributed by atoms with Gasteiger partial charge in [-0.3, -0.25) is 10.1 Å². The lowest BCUT2D eigenvalue weighted by molar-refractivity contribution is -0.106. The number of morpholine rings is 1. The van der Waals surface area contributed by atoms with Crippen LogP contribution in [0.15, 0.2) is 24.3 Å². The van der Waals surface area contributed by atoms with Gasteiger partial charge in [0, 0.05) is 17.7 Å². The molecule has 0 amide bonds. The van der Waals surface area contributed by atoms with Crippen molar-refractivity contribution in [2.24, 2.45) is 0 Å². The molecule has 2 rings (SSSR count). The smallest absolute Gasteiger partial charge is 0.165 e. The number of carbonyl (C=O) groups is 1. The fourth-order valence-corrected chi connectivity index (χ4v) is 1.62. The van der Waals surface area contributed by atoms with E-state index < -0.39 is 5.72 Å². The average molecular weight is 207 g/mol. The van der Waals surface area contributed by atoms with Gasteiger partial charge in [0.15, 0.2) is 5.72 Å². The largest absolute Gasteiger partial charge is 0.375 e. The van der Waals surface area contributed by atoms with Crippen molar-refractivity contribution in [2.75, 3.05) is 19.8 Å². The molecule has 1 aliphatic rings. The van der Waals surface area contributed by atoms with Crippen LogP contribution in [-0.2, 0) is 10.5 Å². The van der Waals surface area contributed by atoms with Crippen LogP contribution < -0.4 is 5.32 Å². The number of carbonyl (C=O) groups excluding carboxylic acids is 1. The number of nitrogens with one attached hydrogen (secondary N) is 1. The zero-order chi connectivity index (χ0) is 10.7. The monoisotopic (exact) mass is 207 g/mol. The van der Waals surface area contributed by atoms with Gasteiger partial charge >= 0.3 is 0 Å². The molecule has 1 fully saturated rings. The van der Waals surface area contributed by atoms with Crippen molar-refractivity contribution in [3.8, 4) is 0 Å². The Morgan fingerprint density at radius 1 is 1.40 bits per heavy atom. The van der Waals surface area contributed by atoms with Crippen molar-refractivity contribution < 1.29 is 14.6 Å². The Kier molecular flexibility index (Phi) is 2.81. The predicted octanol–water partition coefficient (Wildman–Crippen LogP) is 0.264. The number of hydrogen-bond acceptors (Lipinski definition) is 4. The molecule has 1 saturated heterocycles. The first-order valence-electron chi connectivity index (χ1n) is 4.85. The van der Waals surface area contributed by atoms with Crippen LogP contribution in [0.5, 0.6) is 0 Å². The van der Waals surface area contributed by atoms with Gasteiger partial charge in [0.25, 0.3) is 0 Å². The molecule has 0 unspecified atom stereocenters. The fraction of sp³-hybridized carbons (Fsp3) is 0.364. The third-order valence-corrected chi connectivity index (χ3v) is 2.50. The molecule has 4 heteroatoms. The summed E-state index contributed by atoms with van der Waals surface area (Å²) in [6.07, 6.45) is 0.776. The highest BCUT2D eigenvalue weighted by atomic mass is 16.5. The molecule has 1 heterocycles. The van der Waals surface area contributed by atoms with Crippen LogP contribution in [0, 0.1) is 0 Å². The van der Waals surface area contributed by atoms with Crippen molar-refractivity contribution in [3.63, 3.8) is 0 Å². The van der Waals surface area contributed by atoms with Crippen LogP contribution >= 0.6 is 0 Å². The lowest BCUT2D eigenvalue weighted by Crippen LogP contribution is -2.51. The van der Waals surface area contributed by atoms with E-state index in [2.05, 4.69) is 5.32 Å². The molecular formula is C11H13NO3. The molecule has 0 saturated carbocycles. The van der Waals surface area contributed by atoms with Gasteiger partial charge in [-0.15, -0.1) is 0 Å². The summed E-state index contributed by atoms with van der Waals surface area (Å²) in [5.74, 6) is 0. The molecule has 0 aromatic heterocycles. The second-order valence-corrected chi connectivity index (χ2v) is 3.58. The lowest BCUT2D eigenvalue weighted by Gasteiger charge is -2.33. The van der Waals surface area contributed by atoms with Crippen LogP contribution in [0.2, 0.25) is 0 Å². The lowest BCUT2D eigenvalue weighted by atomic mass is 10.0. The van der Waals surface area contributed by atoms with Gasteiger partial charge in [-0.05, 0) is 0 Å². The fourth-order valence-electron chi connectivity index (χ4n) is 1.62. The van der Waals surface area contributed by atoms with Gasteiger partial charge in [-0.25, -0.2) is 0 Å². The predicted molar refractivity (Wildman–Crippen MR) is 54.5 cm³/mol. The van der Waals surface area contributed by atoms with E-state index in [1.165, 1.54) is 0 Å². The summed E-state index contributed by atoms with van der Waals surface area (Å²) >= 11 is 0. The summed E-state index contributed by atoms with van der Waals surface area (Å²) < 4.78 is 5.21. The third kappa shape index (κ3) is 2.07. The first-order valence-corrected chi connectivity index (χ1v) is 4.85. The Morgan fingerprint density at radius 3 is 2.67 bits per heavy atom. The van der Waals surface area contributed by atoms with Crippen molar-refractivity contribution in [1.82, 2.24) is 5.32 Å². The van der Waals surface area contributed by atoms with Gasteiger partial charge in [0.1, 0.15) is 6.29 Å². The maximum absolute atomic E-state index is 10.5. The van der Waals surface area contributed by atoms with Crippen molar-refractivity contribution in [3.05, 3.63) is 35.4 Å². The van der Waals surface area contributed by atoms with Crippen LogP contribution in [0.25, 0.3) is 0 Å². The van der Waals surface area contributed by atoms with Gasteiger partial charge in [-0.2, -0.15) is 0 Å². The molecule has 1 atom stereocenters. The number of aliphatic hydroxyl groups is 1. The minimum atomic E-state index is -1.13. The summed E-state index contributed by atoms with van der Waals surface area (Å²) in [6, 6.07) is 6.81. The highest BCUT2D eigenvalue weighted by molar-refractivity contribution is 5.74. The molecule has 1 aromatic rings. The summed E-state index contributed by atoms with van der Waals surface area (Å²) in [5, 5.41) is 13.2. The molecule has 0 aliphatic carbocycles. The van der Waals surface area contributed by atoms with Gasteiger partial charge in [0.2, 0.25) is 0 Å². The molecule has 0 radical (unpaired) electrons. The Hall–Kier alpha value is -1.23. The number of aldehydes is 1. The van der Waals surface area contributed by atoms with E-state index in [-0.39, 0.29) is 6.61 Å². The first-order chi connectivity index (χ1) is 7.24. The van der Waals surface area contributed by atoms with Crippen molar-refractivity contribution >= 4 is 6.29 Å². The molecule has 2 N–H and O–H groups in total. The molecule has 4 nitrogen and oxygen atoms in total. The molecule has 80 valence electrons. The third-order valence-electron chi connectivity index (χ3n) is 2.50. The minimum Gasteiger partial charge on any atom is -0.375 e. The molecule has 1 aromatic carbocycles. The Balaban J connectivity index is 2.23. The second-order valence-electron chi connectivity index (χ2n) is 3.58. The minimum absolute atomic E-state index is 0.230. The second kappa shape index (κ2) is 4.10. The maximum atomic E-state index is 10.5.